The zero-order valence-electron chi connectivity index (χ0n) is 10.7. The molecule has 3 aromatic rings. The summed E-state index contributed by atoms with van der Waals surface area (Å²) in [5.74, 6) is -0.189. The van der Waals surface area contributed by atoms with Crippen LogP contribution in [0.4, 0.5) is 5.69 Å². The van der Waals surface area contributed by atoms with Crippen molar-refractivity contribution in [2.24, 2.45) is 0 Å². The molecule has 7 heteroatoms. The number of anilines is 1. The van der Waals surface area contributed by atoms with Gasteiger partial charge in [-0.05, 0) is 29.3 Å². The summed E-state index contributed by atoms with van der Waals surface area (Å²) in [6.07, 6.45) is 3.16. The van der Waals surface area contributed by atoms with Gasteiger partial charge in [-0.2, -0.15) is 11.3 Å². The molecule has 20 heavy (non-hydrogen) atoms. The van der Waals surface area contributed by atoms with E-state index in [2.05, 4.69) is 15.3 Å². The Hall–Kier alpha value is -1.99. The molecule has 0 aliphatic carbocycles. The van der Waals surface area contributed by atoms with Crippen LogP contribution in [0.1, 0.15) is 28.2 Å². The smallest absolute Gasteiger partial charge is 0.264 e. The van der Waals surface area contributed by atoms with Crippen LogP contribution in [0, 0.1) is 0 Å². The van der Waals surface area contributed by atoms with E-state index in [4.69, 9.17) is 5.73 Å². The largest absolute Gasteiger partial charge is 0.396 e. The average molecular weight is 304 g/mol. The van der Waals surface area contributed by atoms with Gasteiger partial charge in [0.1, 0.15) is 15.2 Å². The van der Waals surface area contributed by atoms with E-state index in [9.17, 15) is 4.79 Å². The number of carbonyl (C=O) groups excluding carboxylic acids is 1. The Bertz CT molecular complexity index is 751. The molecule has 0 saturated carbocycles. The van der Waals surface area contributed by atoms with Crippen LogP contribution < -0.4 is 11.1 Å². The zero-order chi connectivity index (χ0) is 14.1. The van der Waals surface area contributed by atoms with Gasteiger partial charge in [0.2, 0.25) is 0 Å². The number of fused-ring (bicyclic) bond motifs is 1. The molecule has 1 unspecified atom stereocenters. The maximum atomic E-state index is 12.3. The maximum absolute atomic E-state index is 12.3. The first-order valence-electron chi connectivity index (χ1n) is 5.98. The van der Waals surface area contributed by atoms with Crippen molar-refractivity contribution in [3.63, 3.8) is 0 Å². The number of rotatable bonds is 3. The highest BCUT2D eigenvalue weighted by Crippen LogP contribution is 2.30. The number of hydrogen-bond donors (Lipinski definition) is 2. The maximum Gasteiger partial charge on any atom is 0.264 e. The number of aromatic nitrogens is 2. The van der Waals surface area contributed by atoms with Crippen LogP contribution in [0.15, 0.2) is 29.2 Å². The molecular formula is C13H12N4OS2. The molecule has 0 aliphatic rings. The molecule has 0 aromatic carbocycles. The van der Waals surface area contributed by atoms with Crippen molar-refractivity contribution in [1.82, 2.24) is 15.3 Å². The molecule has 3 rings (SSSR count). The number of nitrogens with zero attached hydrogens (tertiary/aromatic N) is 2. The van der Waals surface area contributed by atoms with Crippen molar-refractivity contribution in [3.05, 3.63) is 39.7 Å². The number of nitrogen functional groups attached to an aromatic ring is 1. The van der Waals surface area contributed by atoms with E-state index in [1.165, 1.54) is 11.3 Å². The Kier molecular flexibility index (Phi) is 3.37. The minimum atomic E-state index is -0.189. The standard InChI is InChI=1S/C13H12N4OS2/c1-7(8-2-5-19-6-8)17-12(18)11-9(14)10-13(20-11)16-4-3-15-10/h2-7H,14H2,1H3,(H,17,18). The first-order valence-corrected chi connectivity index (χ1v) is 7.74. The highest BCUT2D eigenvalue weighted by molar-refractivity contribution is 7.21. The first kappa shape index (κ1) is 13.0. The van der Waals surface area contributed by atoms with E-state index in [-0.39, 0.29) is 11.9 Å². The minimum Gasteiger partial charge on any atom is -0.396 e. The van der Waals surface area contributed by atoms with E-state index in [1.807, 2.05) is 23.8 Å². The second kappa shape index (κ2) is 5.18. The Morgan fingerprint density at radius 2 is 2.20 bits per heavy atom. The molecule has 0 spiro atoms. The van der Waals surface area contributed by atoms with Crippen LogP contribution in [-0.2, 0) is 0 Å². The van der Waals surface area contributed by atoms with Gasteiger partial charge in [-0.15, -0.1) is 11.3 Å². The van der Waals surface area contributed by atoms with Gasteiger partial charge in [0.15, 0.2) is 0 Å². The Labute approximate surface area is 123 Å². The van der Waals surface area contributed by atoms with E-state index >= 15 is 0 Å². The Morgan fingerprint density at radius 1 is 1.40 bits per heavy atom. The summed E-state index contributed by atoms with van der Waals surface area (Å²) in [6.45, 7) is 1.94. The summed E-state index contributed by atoms with van der Waals surface area (Å²) in [6, 6.07) is 1.94. The molecular weight excluding hydrogens is 292 g/mol. The summed E-state index contributed by atoms with van der Waals surface area (Å²) >= 11 is 2.87. The SMILES string of the molecule is CC(NC(=O)c1sc2nccnc2c1N)c1ccsc1. The lowest BCUT2D eigenvalue weighted by Gasteiger charge is -2.11. The summed E-state index contributed by atoms with van der Waals surface area (Å²) in [7, 11) is 0. The van der Waals surface area contributed by atoms with Crippen LogP contribution in [0.5, 0.6) is 0 Å². The molecule has 0 saturated heterocycles. The molecule has 3 N–H and O–H groups in total. The van der Waals surface area contributed by atoms with Crippen molar-refractivity contribution in [1.29, 1.82) is 0 Å². The fraction of sp³-hybridized carbons (Fsp3) is 0.154. The highest BCUT2D eigenvalue weighted by atomic mass is 32.1. The van der Waals surface area contributed by atoms with Gasteiger partial charge in [0.05, 0.1) is 11.7 Å². The molecule has 0 aliphatic heterocycles. The fourth-order valence-electron chi connectivity index (χ4n) is 1.88. The molecule has 1 amide bonds. The van der Waals surface area contributed by atoms with Crippen molar-refractivity contribution in [2.45, 2.75) is 13.0 Å². The third-order valence-corrected chi connectivity index (χ3v) is 4.76. The van der Waals surface area contributed by atoms with E-state index < -0.39 is 0 Å². The molecule has 5 nitrogen and oxygen atoms in total. The van der Waals surface area contributed by atoms with Gasteiger partial charge >= 0.3 is 0 Å². The molecule has 1 atom stereocenters. The van der Waals surface area contributed by atoms with Crippen LogP contribution in [0.2, 0.25) is 0 Å². The average Bonchev–Trinajstić information content (AvgIpc) is 3.07. The van der Waals surface area contributed by atoms with Crippen LogP contribution >= 0.6 is 22.7 Å². The number of thiophene rings is 2. The van der Waals surface area contributed by atoms with Gasteiger partial charge in [-0.3, -0.25) is 4.79 Å². The van der Waals surface area contributed by atoms with Crippen molar-refractivity contribution in [2.75, 3.05) is 5.73 Å². The lowest BCUT2D eigenvalue weighted by molar-refractivity contribution is 0.0945. The van der Waals surface area contributed by atoms with E-state index in [0.29, 0.717) is 20.9 Å². The van der Waals surface area contributed by atoms with Crippen LogP contribution in [0.25, 0.3) is 10.3 Å². The van der Waals surface area contributed by atoms with Crippen LogP contribution in [0.3, 0.4) is 0 Å². The van der Waals surface area contributed by atoms with Crippen molar-refractivity contribution < 1.29 is 4.79 Å². The topological polar surface area (TPSA) is 80.9 Å². The lowest BCUT2D eigenvalue weighted by Crippen LogP contribution is -2.26. The lowest BCUT2D eigenvalue weighted by atomic mass is 10.2. The molecule has 3 heterocycles. The summed E-state index contributed by atoms with van der Waals surface area (Å²) < 4.78 is 0. The second-order valence-corrected chi connectivity index (χ2v) is 6.09. The van der Waals surface area contributed by atoms with Gasteiger partial charge in [0, 0.05) is 12.4 Å². The summed E-state index contributed by atoms with van der Waals surface area (Å²) in [4.78, 5) is 21.8. The Balaban J connectivity index is 1.87. The third kappa shape index (κ3) is 2.25. The minimum absolute atomic E-state index is 0.0562. The number of nitrogens with one attached hydrogen (secondary N) is 1. The summed E-state index contributed by atoms with van der Waals surface area (Å²) in [5, 5.41) is 6.94. The third-order valence-electron chi connectivity index (χ3n) is 2.96. The van der Waals surface area contributed by atoms with Crippen LogP contribution in [-0.4, -0.2) is 15.9 Å². The number of hydrogen-bond acceptors (Lipinski definition) is 6. The molecule has 3 aromatic heterocycles. The van der Waals surface area contributed by atoms with Crippen molar-refractivity contribution in [3.8, 4) is 0 Å². The number of amides is 1. The fourth-order valence-corrected chi connectivity index (χ4v) is 3.56. The predicted molar refractivity (Wildman–Crippen MR) is 82.0 cm³/mol. The zero-order valence-corrected chi connectivity index (χ0v) is 12.3. The summed E-state index contributed by atoms with van der Waals surface area (Å²) in [5.41, 5.74) is 8.05. The van der Waals surface area contributed by atoms with E-state index in [0.717, 1.165) is 5.56 Å². The van der Waals surface area contributed by atoms with Gasteiger partial charge in [-0.1, -0.05) is 0 Å². The monoisotopic (exact) mass is 304 g/mol. The normalized spacial score (nSPS) is 12.4. The molecule has 0 radical (unpaired) electrons. The van der Waals surface area contributed by atoms with Crippen molar-refractivity contribution >= 4 is 44.6 Å². The number of carbonyl (C=O) groups is 1. The molecule has 102 valence electrons. The first-order chi connectivity index (χ1) is 9.66. The molecule has 0 fully saturated rings. The Morgan fingerprint density at radius 3 is 2.90 bits per heavy atom. The second-order valence-electron chi connectivity index (χ2n) is 4.31. The van der Waals surface area contributed by atoms with E-state index in [1.54, 1.807) is 23.7 Å². The number of nitrogens with two attached hydrogens (primary N) is 1. The highest BCUT2D eigenvalue weighted by Gasteiger charge is 2.19. The van der Waals surface area contributed by atoms with Gasteiger partial charge < -0.3 is 11.1 Å². The van der Waals surface area contributed by atoms with Gasteiger partial charge in [-0.25, -0.2) is 9.97 Å². The molecule has 0 bridgehead atoms. The van der Waals surface area contributed by atoms with Gasteiger partial charge in [0.25, 0.3) is 5.91 Å². The quantitative estimate of drug-likeness (QED) is 0.779. The predicted octanol–water partition coefficient (Wildman–Crippen LogP) is 2.83.